The highest BCUT2D eigenvalue weighted by atomic mass is 19.4. The van der Waals surface area contributed by atoms with E-state index >= 15 is 0 Å². The van der Waals surface area contributed by atoms with E-state index in [4.69, 9.17) is 5.11 Å². The van der Waals surface area contributed by atoms with Gasteiger partial charge in [0.2, 0.25) is 0 Å². The summed E-state index contributed by atoms with van der Waals surface area (Å²) in [6, 6.07) is 2.86. The number of hydrogen-bond acceptors (Lipinski definition) is 1. The number of benzene rings is 1. The molecule has 0 aliphatic heterocycles. The van der Waals surface area contributed by atoms with Crippen LogP contribution in [0.4, 0.5) is 17.6 Å². The second-order valence-corrected chi connectivity index (χ2v) is 3.09. The van der Waals surface area contributed by atoms with Crippen LogP contribution in [0, 0.1) is 5.82 Å². The lowest BCUT2D eigenvalue weighted by Crippen LogP contribution is -2.11. The molecule has 0 saturated heterocycles. The number of alkyl halides is 3. The molecule has 0 aliphatic rings. The van der Waals surface area contributed by atoms with Crippen molar-refractivity contribution in [3.05, 3.63) is 35.1 Å². The molecule has 1 aromatic carbocycles. The van der Waals surface area contributed by atoms with Gasteiger partial charge >= 0.3 is 6.18 Å². The quantitative estimate of drug-likeness (QED) is 0.779. The molecule has 1 rings (SSSR count). The fourth-order valence-corrected chi connectivity index (χ4v) is 1.33. The van der Waals surface area contributed by atoms with Crippen LogP contribution in [0.3, 0.4) is 0 Å². The minimum Gasteiger partial charge on any atom is -0.396 e. The van der Waals surface area contributed by atoms with Gasteiger partial charge in [-0.15, -0.1) is 0 Å². The summed E-state index contributed by atoms with van der Waals surface area (Å²) in [6.45, 7) is -0.258. The molecule has 1 N–H and O–H groups in total. The molecule has 0 aliphatic carbocycles. The van der Waals surface area contributed by atoms with Crippen molar-refractivity contribution in [1.82, 2.24) is 0 Å². The first-order chi connectivity index (χ1) is 6.96. The lowest BCUT2D eigenvalue weighted by Gasteiger charge is -2.12. The SMILES string of the molecule is OCCCc1c(F)cccc1C(F)(F)F. The van der Waals surface area contributed by atoms with E-state index in [1.807, 2.05) is 0 Å². The van der Waals surface area contributed by atoms with E-state index in [9.17, 15) is 17.6 Å². The van der Waals surface area contributed by atoms with Gasteiger partial charge in [-0.25, -0.2) is 4.39 Å². The third-order valence-electron chi connectivity index (χ3n) is 2.01. The molecular weight excluding hydrogens is 212 g/mol. The second-order valence-electron chi connectivity index (χ2n) is 3.09. The van der Waals surface area contributed by atoms with Crippen molar-refractivity contribution >= 4 is 0 Å². The van der Waals surface area contributed by atoms with Gasteiger partial charge in [0.05, 0.1) is 5.56 Å². The van der Waals surface area contributed by atoms with E-state index in [-0.39, 0.29) is 25.0 Å². The van der Waals surface area contributed by atoms with Crippen LogP contribution in [-0.4, -0.2) is 11.7 Å². The van der Waals surface area contributed by atoms with E-state index in [2.05, 4.69) is 0 Å². The second kappa shape index (κ2) is 4.61. The van der Waals surface area contributed by atoms with Crippen LogP contribution in [-0.2, 0) is 12.6 Å². The zero-order valence-corrected chi connectivity index (χ0v) is 7.81. The van der Waals surface area contributed by atoms with E-state index in [1.165, 1.54) is 0 Å². The molecule has 1 nitrogen and oxygen atoms in total. The van der Waals surface area contributed by atoms with Gasteiger partial charge < -0.3 is 5.11 Å². The standard InChI is InChI=1S/C10H10F4O/c11-9-5-1-4-8(10(12,13)14)7(9)3-2-6-15/h1,4-5,15H,2-3,6H2. The van der Waals surface area contributed by atoms with Gasteiger partial charge in [-0.3, -0.25) is 0 Å². The summed E-state index contributed by atoms with van der Waals surface area (Å²) in [5.41, 5.74) is -1.34. The smallest absolute Gasteiger partial charge is 0.396 e. The first-order valence-electron chi connectivity index (χ1n) is 4.42. The molecule has 0 fully saturated rings. The van der Waals surface area contributed by atoms with Crippen LogP contribution < -0.4 is 0 Å². The summed E-state index contributed by atoms with van der Waals surface area (Å²) in [6.07, 6.45) is -4.55. The Morgan fingerprint density at radius 1 is 1.20 bits per heavy atom. The Hall–Kier alpha value is -1.10. The van der Waals surface area contributed by atoms with Gasteiger partial charge in [0.15, 0.2) is 0 Å². The van der Waals surface area contributed by atoms with E-state index in [0.29, 0.717) is 0 Å². The average Bonchev–Trinajstić information content (AvgIpc) is 2.14. The van der Waals surface area contributed by atoms with E-state index in [0.717, 1.165) is 18.2 Å². The van der Waals surface area contributed by atoms with E-state index < -0.39 is 17.6 Å². The van der Waals surface area contributed by atoms with Crippen LogP contribution in [0.15, 0.2) is 18.2 Å². The number of halogens is 4. The van der Waals surface area contributed by atoms with Crippen molar-refractivity contribution < 1.29 is 22.7 Å². The summed E-state index contributed by atoms with van der Waals surface area (Å²) >= 11 is 0. The largest absolute Gasteiger partial charge is 0.416 e. The third kappa shape index (κ3) is 2.92. The van der Waals surface area contributed by atoms with Crippen molar-refractivity contribution in [3.63, 3.8) is 0 Å². The average molecular weight is 222 g/mol. The maximum atomic E-state index is 13.1. The summed E-state index contributed by atoms with van der Waals surface area (Å²) < 4.78 is 50.4. The number of hydrogen-bond donors (Lipinski definition) is 1. The van der Waals surface area contributed by atoms with Crippen molar-refractivity contribution in [2.24, 2.45) is 0 Å². The zero-order chi connectivity index (χ0) is 11.5. The minimum atomic E-state index is -4.55. The summed E-state index contributed by atoms with van der Waals surface area (Å²) in [5, 5.41) is 8.51. The Morgan fingerprint density at radius 2 is 1.87 bits per heavy atom. The number of rotatable bonds is 3. The molecule has 0 heterocycles. The van der Waals surface area contributed by atoms with Gasteiger partial charge in [-0.2, -0.15) is 13.2 Å². The van der Waals surface area contributed by atoms with Gasteiger partial charge in [-0.1, -0.05) is 6.07 Å². The molecule has 0 bridgehead atoms. The molecule has 0 spiro atoms. The highest BCUT2D eigenvalue weighted by molar-refractivity contribution is 5.31. The summed E-state index contributed by atoms with van der Waals surface area (Å²) in [4.78, 5) is 0. The van der Waals surface area contributed by atoms with E-state index in [1.54, 1.807) is 0 Å². The Labute approximate surface area is 84.3 Å². The fraction of sp³-hybridized carbons (Fsp3) is 0.400. The van der Waals surface area contributed by atoms with Crippen molar-refractivity contribution in [3.8, 4) is 0 Å². The van der Waals surface area contributed by atoms with Gasteiger partial charge in [-0.05, 0) is 25.0 Å². The van der Waals surface area contributed by atoms with Crippen molar-refractivity contribution in [2.45, 2.75) is 19.0 Å². The van der Waals surface area contributed by atoms with Crippen molar-refractivity contribution in [1.29, 1.82) is 0 Å². The highest BCUT2D eigenvalue weighted by Gasteiger charge is 2.33. The molecule has 15 heavy (non-hydrogen) atoms. The van der Waals surface area contributed by atoms with Gasteiger partial charge in [0.1, 0.15) is 5.82 Å². The van der Waals surface area contributed by atoms with Crippen LogP contribution in [0.2, 0.25) is 0 Å². The zero-order valence-electron chi connectivity index (χ0n) is 7.81. The molecule has 0 atom stereocenters. The molecule has 84 valence electrons. The third-order valence-corrected chi connectivity index (χ3v) is 2.01. The molecule has 0 saturated carbocycles. The highest BCUT2D eigenvalue weighted by Crippen LogP contribution is 2.33. The Morgan fingerprint density at radius 3 is 2.40 bits per heavy atom. The summed E-state index contributed by atoms with van der Waals surface area (Å²) in [5.74, 6) is -0.877. The number of aliphatic hydroxyl groups excluding tert-OH is 1. The van der Waals surface area contributed by atoms with Crippen LogP contribution in [0.25, 0.3) is 0 Å². The van der Waals surface area contributed by atoms with Crippen LogP contribution in [0.5, 0.6) is 0 Å². The Balaban J connectivity index is 3.09. The maximum absolute atomic E-state index is 13.1. The molecule has 0 unspecified atom stereocenters. The predicted octanol–water partition coefficient (Wildman–Crippen LogP) is 2.77. The molecule has 0 amide bonds. The monoisotopic (exact) mass is 222 g/mol. The first-order valence-corrected chi connectivity index (χ1v) is 4.42. The minimum absolute atomic E-state index is 0.113. The van der Waals surface area contributed by atoms with Gasteiger partial charge in [0.25, 0.3) is 0 Å². The lowest BCUT2D eigenvalue weighted by atomic mass is 10.0. The fourth-order valence-electron chi connectivity index (χ4n) is 1.33. The molecule has 0 aromatic heterocycles. The normalized spacial score (nSPS) is 11.8. The lowest BCUT2D eigenvalue weighted by molar-refractivity contribution is -0.138. The first kappa shape index (κ1) is 12.0. The molecular formula is C10H10F4O. The summed E-state index contributed by atoms with van der Waals surface area (Å²) in [7, 11) is 0. The Kier molecular flexibility index (Phi) is 3.68. The molecule has 5 heteroatoms. The molecule has 1 aromatic rings. The van der Waals surface area contributed by atoms with Crippen LogP contribution >= 0.6 is 0 Å². The topological polar surface area (TPSA) is 20.2 Å². The molecule has 0 radical (unpaired) electrons. The van der Waals surface area contributed by atoms with Crippen LogP contribution in [0.1, 0.15) is 17.5 Å². The van der Waals surface area contributed by atoms with Crippen molar-refractivity contribution in [2.75, 3.05) is 6.61 Å². The number of aliphatic hydroxyl groups is 1. The predicted molar refractivity (Wildman–Crippen MR) is 46.8 cm³/mol. The maximum Gasteiger partial charge on any atom is 0.416 e. The Bertz CT molecular complexity index is 333. The van der Waals surface area contributed by atoms with Gasteiger partial charge in [0, 0.05) is 12.2 Å².